The largest absolute Gasteiger partial charge is 0.339 e. The summed E-state index contributed by atoms with van der Waals surface area (Å²) in [5.41, 5.74) is 1.33. The lowest BCUT2D eigenvalue weighted by Gasteiger charge is -2.30. The molecule has 20 heavy (non-hydrogen) atoms. The molecule has 3 heterocycles. The van der Waals surface area contributed by atoms with E-state index in [1.807, 2.05) is 11.3 Å². The van der Waals surface area contributed by atoms with Gasteiger partial charge in [0.25, 0.3) is 0 Å². The van der Waals surface area contributed by atoms with Crippen LogP contribution in [0.5, 0.6) is 0 Å². The Hall–Kier alpha value is -0.870. The lowest BCUT2D eigenvalue weighted by atomic mass is 9.86. The van der Waals surface area contributed by atoms with E-state index < -0.39 is 0 Å². The number of carbonyl (C=O) groups is 1. The Morgan fingerprint density at radius 3 is 3.20 bits per heavy atom. The van der Waals surface area contributed by atoms with E-state index in [1.165, 1.54) is 23.3 Å². The average molecular weight is 290 g/mol. The van der Waals surface area contributed by atoms with Crippen molar-refractivity contribution in [2.75, 3.05) is 19.6 Å². The Labute approximate surface area is 124 Å². The summed E-state index contributed by atoms with van der Waals surface area (Å²) >= 11 is 1.83. The molecule has 4 rings (SSSR count). The lowest BCUT2D eigenvalue weighted by molar-refractivity contribution is -0.134. The molecule has 3 nitrogen and oxygen atoms in total. The maximum atomic E-state index is 13.0. The summed E-state index contributed by atoms with van der Waals surface area (Å²) in [4.78, 5) is 16.6. The van der Waals surface area contributed by atoms with Gasteiger partial charge in [0.2, 0.25) is 5.91 Å². The zero-order chi connectivity index (χ0) is 13.7. The van der Waals surface area contributed by atoms with Gasteiger partial charge in [-0.15, -0.1) is 11.3 Å². The summed E-state index contributed by atoms with van der Waals surface area (Å²) in [5, 5.41) is 5.62. The maximum absolute atomic E-state index is 13.0. The molecule has 4 heteroatoms. The molecule has 2 saturated heterocycles. The molecule has 1 N–H and O–H groups in total. The van der Waals surface area contributed by atoms with Crippen molar-refractivity contribution in [3.63, 3.8) is 0 Å². The highest BCUT2D eigenvalue weighted by Gasteiger charge is 2.45. The molecule has 3 aliphatic rings. The molecule has 0 radical (unpaired) electrons. The molecule has 1 amide bonds. The van der Waals surface area contributed by atoms with Crippen molar-refractivity contribution in [2.24, 2.45) is 11.8 Å². The maximum Gasteiger partial charge on any atom is 0.230 e. The SMILES string of the molecule is CC1C2CNCC2CN1C(=O)C1CCCc2sccc21. The predicted octanol–water partition coefficient (Wildman–Crippen LogP) is 2.23. The highest BCUT2D eigenvalue weighted by atomic mass is 32.1. The van der Waals surface area contributed by atoms with Gasteiger partial charge in [-0.1, -0.05) is 0 Å². The van der Waals surface area contributed by atoms with Crippen molar-refractivity contribution in [1.82, 2.24) is 10.2 Å². The van der Waals surface area contributed by atoms with Crippen LogP contribution in [0.3, 0.4) is 0 Å². The van der Waals surface area contributed by atoms with Gasteiger partial charge in [-0.3, -0.25) is 4.79 Å². The predicted molar refractivity (Wildman–Crippen MR) is 81.0 cm³/mol. The van der Waals surface area contributed by atoms with Gasteiger partial charge in [0.05, 0.1) is 5.92 Å². The van der Waals surface area contributed by atoms with Crippen molar-refractivity contribution in [3.8, 4) is 0 Å². The van der Waals surface area contributed by atoms with E-state index in [4.69, 9.17) is 0 Å². The summed E-state index contributed by atoms with van der Waals surface area (Å²) in [6.07, 6.45) is 3.38. The van der Waals surface area contributed by atoms with Crippen LogP contribution >= 0.6 is 11.3 Å². The third-order valence-corrected chi connectivity index (χ3v) is 6.56. The number of likely N-dealkylation sites (tertiary alicyclic amines) is 1. The molecule has 0 saturated carbocycles. The Morgan fingerprint density at radius 1 is 1.45 bits per heavy atom. The third kappa shape index (κ3) is 1.85. The summed E-state index contributed by atoms with van der Waals surface area (Å²) in [6, 6.07) is 2.59. The van der Waals surface area contributed by atoms with Crippen molar-refractivity contribution < 1.29 is 4.79 Å². The normalized spacial score (nSPS) is 36.0. The molecule has 2 fully saturated rings. The monoisotopic (exact) mass is 290 g/mol. The van der Waals surface area contributed by atoms with Gasteiger partial charge in [-0.25, -0.2) is 0 Å². The Kier molecular flexibility index (Phi) is 3.11. The second-order valence-electron chi connectivity index (χ2n) is 6.56. The summed E-state index contributed by atoms with van der Waals surface area (Å²) in [6.45, 7) is 5.39. The molecule has 1 aliphatic carbocycles. The first-order valence-electron chi connectivity index (χ1n) is 7.83. The van der Waals surface area contributed by atoms with Gasteiger partial charge in [0, 0.05) is 30.6 Å². The van der Waals surface area contributed by atoms with Crippen LogP contribution in [0.1, 0.15) is 36.1 Å². The number of fused-ring (bicyclic) bond motifs is 2. The number of carbonyl (C=O) groups excluding carboxylic acids is 1. The summed E-state index contributed by atoms with van der Waals surface area (Å²) in [7, 11) is 0. The van der Waals surface area contributed by atoms with Crippen LogP contribution in [0.25, 0.3) is 0 Å². The molecule has 0 spiro atoms. The number of thiophene rings is 1. The molecule has 4 atom stereocenters. The van der Waals surface area contributed by atoms with Crippen molar-refractivity contribution in [1.29, 1.82) is 0 Å². The fourth-order valence-corrected chi connectivity index (χ4v) is 5.39. The number of rotatable bonds is 1. The van der Waals surface area contributed by atoms with Gasteiger partial charge < -0.3 is 10.2 Å². The van der Waals surface area contributed by atoms with E-state index in [0.717, 1.165) is 26.1 Å². The fraction of sp³-hybridized carbons (Fsp3) is 0.688. The van der Waals surface area contributed by atoms with Gasteiger partial charge in [0.15, 0.2) is 0 Å². The minimum Gasteiger partial charge on any atom is -0.339 e. The quantitative estimate of drug-likeness (QED) is 0.860. The van der Waals surface area contributed by atoms with Crippen LogP contribution in [0, 0.1) is 11.8 Å². The second-order valence-corrected chi connectivity index (χ2v) is 7.56. The smallest absolute Gasteiger partial charge is 0.230 e. The minimum absolute atomic E-state index is 0.138. The van der Waals surface area contributed by atoms with E-state index in [9.17, 15) is 4.79 Å². The highest BCUT2D eigenvalue weighted by molar-refractivity contribution is 7.10. The minimum atomic E-state index is 0.138. The van der Waals surface area contributed by atoms with Crippen LogP contribution in [-0.4, -0.2) is 36.5 Å². The first-order valence-corrected chi connectivity index (χ1v) is 8.71. The van der Waals surface area contributed by atoms with Crippen LogP contribution < -0.4 is 5.32 Å². The van der Waals surface area contributed by atoms with Crippen molar-refractivity contribution in [2.45, 2.75) is 38.1 Å². The molecule has 2 aliphatic heterocycles. The molecule has 4 unspecified atom stereocenters. The van der Waals surface area contributed by atoms with E-state index in [0.29, 0.717) is 23.8 Å². The first kappa shape index (κ1) is 12.8. The summed E-state index contributed by atoms with van der Waals surface area (Å²) in [5.74, 6) is 1.88. The molecule has 0 aromatic carbocycles. The first-order chi connectivity index (χ1) is 9.75. The molecule has 1 aromatic rings. The number of amides is 1. The van der Waals surface area contributed by atoms with E-state index in [2.05, 4.69) is 28.6 Å². The Morgan fingerprint density at radius 2 is 2.35 bits per heavy atom. The molecular formula is C16H22N2OS. The average Bonchev–Trinajstić information content (AvgIpc) is 3.15. The highest BCUT2D eigenvalue weighted by Crippen LogP contribution is 2.39. The third-order valence-electron chi connectivity index (χ3n) is 5.57. The topological polar surface area (TPSA) is 32.3 Å². The number of nitrogens with one attached hydrogen (secondary N) is 1. The summed E-state index contributed by atoms with van der Waals surface area (Å²) < 4.78 is 0. The number of hydrogen-bond acceptors (Lipinski definition) is 3. The van der Waals surface area contributed by atoms with E-state index in [-0.39, 0.29) is 5.92 Å². The fourth-order valence-electron chi connectivity index (χ4n) is 4.40. The number of nitrogens with zero attached hydrogens (tertiary/aromatic N) is 1. The second kappa shape index (κ2) is 4.85. The Bertz CT molecular complexity index is 526. The Balaban J connectivity index is 1.57. The van der Waals surface area contributed by atoms with Crippen LogP contribution in [-0.2, 0) is 11.2 Å². The van der Waals surface area contributed by atoms with Crippen LogP contribution in [0.15, 0.2) is 11.4 Å². The van der Waals surface area contributed by atoms with Gasteiger partial charge in [-0.2, -0.15) is 0 Å². The molecule has 1 aromatic heterocycles. The van der Waals surface area contributed by atoms with Crippen LogP contribution in [0.2, 0.25) is 0 Å². The van der Waals surface area contributed by atoms with E-state index >= 15 is 0 Å². The molecular weight excluding hydrogens is 268 g/mol. The number of aryl methyl sites for hydroxylation is 1. The van der Waals surface area contributed by atoms with Crippen molar-refractivity contribution >= 4 is 17.2 Å². The van der Waals surface area contributed by atoms with Crippen LogP contribution in [0.4, 0.5) is 0 Å². The lowest BCUT2D eigenvalue weighted by Crippen LogP contribution is -2.41. The van der Waals surface area contributed by atoms with Crippen molar-refractivity contribution in [3.05, 3.63) is 21.9 Å². The van der Waals surface area contributed by atoms with E-state index in [1.54, 1.807) is 0 Å². The van der Waals surface area contributed by atoms with Gasteiger partial charge in [-0.05, 0) is 55.0 Å². The van der Waals surface area contributed by atoms with Gasteiger partial charge >= 0.3 is 0 Å². The standard InChI is InChI=1S/C16H22N2OS/c1-10-14-8-17-7-11(14)9-18(10)16(19)13-3-2-4-15-12(13)5-6-20-15/h5-6,10-11,13-14,17H,2-4,7-9H2,1H3. The molecule has 108 valence electrons. The molecule has 0 bridgehead atoms. The zero-order valence-electron chi connectivity index (χ0n) is 12.0. The number of hydrogen-bond donors (Lipinski definition) is 1. The zero-order valence-corrected chi connectivity index (χ0v) is 12.8. The van der Waals surface area contributed by atoms with Gasteiger partial charge in [0.1, 0.15) is 0 Å².